The van der Waals surface area contributed by atoms with Gasteiger partial charge in [0.05, 0.1) is 5.75 Å². The summed E-state index contributed by atoms with van der Waals surface area (Å²) >= 11 is 1.64. The maximum atomic E-state index is 13.2. The van der Waals surface area contributed by atoms with Gasteiger partial charge in [-0.2, -0.15) is 0 Å². The number of thioether (sulfide) groups is 1. The van der Waals surface area contributed by atoms with Crippen LogP contribution in [0.2, 0.25) is 0 Å². The minimum absolute atomic E-state index is 0.160. The molecular weight excluding hydrogens is 199 g/mol. The van der Waals surface area contributed by atoms with Gasteiger partial charge in [0.15, 0.2) is 0 Å². The van der Waals surface area contributed by atoms with Gasteiger partial charge in [-0.25, -0.2) is 4.39 Å². The smallest absolute Gasteiger partial charge is 0.143 e. The Labute approximate surface area is 86.7 Å². The number of hydrogen-bond donors (Lipinski definition) is 0. The Bertz CT molecular complexity index is 351. The predicted molar refractivity (Wildman–Crippen MR) is 56.0 cm³/mol. The highest BCUT2D eigenvalue weighted by atomic mass is 32.2. The highest BCUT2D eigenvalue weighted by Gasteiger charge is 2.23. The number of carbonyl (C=O) groups excluding carboxylic acids is 1. The van der Waals surface area contributed by atoms with Crippen LogP contribution in [0.1, 0.15) is 12.0 Å². The van der Waals surface area contributed by atoms with Gasteiger partial charge in [0.1, 0.15) is 11.6 Å². The molecule has 1 saturated heterocycles. The normalized spacial score (nSPS) is 21.5. The lowest BCUT2D eigenvalue weighted by atomic mass is 10.1. The number of Topliss-reactive ketones (excluding diaryl/α,β-unsaturated/α-hetero) is 1. The summed E-state index contributed by atoms with van der Waals surface area (Å²) in [6.07, 6.45) is 1.27. The van der Waals surface area contributed by atoms with Crippen LogP contribution in [0, 0.1) is 5.82 Å². The fraction of sp³-hybridized carbons (Fsp3) is 0.364. The van der Waals surface area contributed by atoms with Crippen molar-refractivity contribution >= 4 is 17.5 Å². The molecule has 1 aliphatic heterocycles. The minimum Gasteiger partial charge on any atom is -0.299 e. The van der Waals surface area contributed by atoms with Crippen LogP contribution in [0.3, 0.4) is 0 Å². The summed E-state index contributed by atoms with van der Waals surface area (Å²) in [6.45, 7) is 0. The lowest BCUT2D eigenvalue weighted by Crippen LogP contribution is -2.05. The Morgan fingerprint density at radius 1 is 1.43 bits per heavy atom. The molecule has 0 amide bonds. The second kappa shape index (κ2) is 4.13. The highest BCUT2D eigenvalue weighted by molar-refractivity contribution is 8.01. The summed E-state index contributed by atoms with van der Waals surface area (Å²) in [4.78, 5) is 11.0. The molecule has 1 aromatic rings. The number of rotatable bonds is 2. The van der Waals surface area contributed by atoms with Gasteiger partial charge in [-0.05, 0) is 18.1 Å². The molecule has 14 heavy (non-hydrogen) atoms. The van der Waals surface area contributed by atoms with Crippen molar-refractivity contribution in [2.45, 2.75) is 18.1 Å². The zero-order valence-corrected chi connectivity index (χ0v) is 8.52. The molecule has 0 spiro atoms. The summed E-state index contributed by atoms with van der Waals surface area (Å²) < 4.78 is 13.2. The molecule has 0 N–H and O–H groups in total. The van der Waals surface area contributed by atoms with Crippen LogP contribution in [-0.2, 0) is 11.2 Å². The first-order valence-corrected chi connectivity index (χ1v) is 5.67. The molecular formula is C11H11FOS. The van der Waals surface area contributed by atoms with Gasteiger partial charge >= 0.3 is 0 Å². The first-order chi connectivity index (χ1) is 6.75. The number of benzene rings is 1. The maximum absolute atomic E-state index is 13.2. The van der Waals surface area contributed by atoms with Gasteiger partial charge in [-0.3, -0.25) is 4.79 Å². The van der Waals surface area contributed by atoms with Crippen LogP contribution in [0.5, 0.6) is 0 Å². The van der Waals surface area contributed by atoms with E-state index in [1.165, 1.54) is 6.07 Å². The Balaban J connectivity index is 2.04. The van der Waals surface area contributed by atoms with E-state index in [4.69, 9.17) is 0 Å². The molecule has 1 nitrogen and oxygen atoms in total. The summed E-state index contributed by atoms with van der Waals surface area (Å²) in [6, 6.07) is 6.78. The van der Waals surface area contributed by atoms with Crippen molar-refractivity contribution in [1.82, 2.24) is 0 Å². The summed E-state index contributed by atoms with van der Waals surface area (Å²) in [5, 5.41) is 0.277. The zero-order valence-electron chi connectivity index (χ0n) is 7.70. The molecule has 1 atom stereocenters. The van der Waals surface area contributed by atoms with E-state index in [0.29, 0.717) is 18.6 Å². The summed E-state index contributed by atoms with van der Waals surface area (Å²) in [5.74, 6) is 0.725. The van der Waals surface area contributed by atoms with E-state index in [-0.39, 0.29) is 16.9 Å². The van der Waals surface area contributed by atoms with E-state index >= 15 is 0 Å². The Morgan fingerprint density at radius 3 is 2.86 bits per heavy atom. The van der Waals surface area contributed by atoms with Crippen molar-refractivity contribution in [2.24, 2.45) is 0 Å². The Hall–Kier alpha value is -0.830. The number of carbonyl (C=O) groups is 1. The molecule has 1 aliphatic rings. The molecule has 1 fully saturated rings. The fourth-order valence-corrected chi connectivity index (χ4v) is 2.76. The molecule has 0 bridgehead atoms. The minimum atomic E-state index is -0.160. The average molecular weight is 210 g/mol. The third-order valence-electron chi connectivity index (χ3n) is 2.34. The molecule has 1 aromatic carbocycles. The lowest BCUT2D eigenvalue weighted by Gasteiger charge is -2.07. The van der Waals surface area contributed by atoms with Crippen LogP contribution in [0.25, 0.3) is 0 Å². The van der Waals surface area contributed by atoms with Crippen molar-refractivity contribution in [3.8, 4) is 0 Å². The largest absolute Gasteiger partial charge is 0.299 e. The fourth-order valence-electron chi connectivity index (χ4n) is 1.62. The SMILES string of the molecule is O=C1CSC(Cc2ccccc2F)C1. The van der Waals surface area contributed by atoms with Crippen LogP contribution in [-0.4, -0.2) is 16.8 Å². The Kier molecular flexibility index (Phi) is 2.87. The molecule has 3 heteroatoms. The topological polar surface area (TPSA) is 17.1 Å². The monoisotopic (exact) mass is 210 g/mol. The maximum Gasteiger partial charge on any atom is 0.143 e. The Morgan fingerprint density at radius 2 is 2.21 bits per heavy atom. The van der Waals surface area contributed by atoms with E-state index in [2.05, 4.69) is 0 Å². The summed E-state index contributed by atoms with van der Waals surface area (Å²) in [5.41, 5.74) is 0.722. The van der Waals surface area contributed by atoms with Crippen molar-refractivity contribution < 1.29 is 9.18 Å². The molecule has 0 aromatic heterocycles. The van der Waals surface area contributed by atoms with Crippen molar-refractivity contribution in [3.63, 3.8) is 0 Å². The van der Waals surface area contributed by atoms with Crippen LogP contribution in [0.4, 0.5) is 4.39 Å². The van der Waals surface area contributed by atoms with Crippen molar-refractivity contribution in [3.05, 3.63) is 35.6 Å². The molecule has 74 valence electrons. The van der Waals surface area contributed by atoms with Gasteiger partial charge in [0, 0.05) is 11.7 Å². The standard InChI is InChI=1S/C11H11FOS/c12-11-4-2-1-3-8(11)5-10-6-9(13)7-14-10/h1-4,10H,5-7H2. The third-order valence-corrected chi connectivity index (χ3v) is 3.63. The van der Waals surface area contributed by atoms with Crippen LogP contribution in [0.15, 0.2) is 24.3 Å². The van der Waals surface area contributed by atoms with E-state index < -0.39 is 0 Å². The molecule has 0 saturated carbocycles. The van der Waals surface area contributed by atoms with Gasteiger partial charge in [0.25, 0.3) is 0 Å². The van der Waals surface area contributed by atoms with Gasteiger partial charge in [0.2, 0.25) is 0 Å². The number of hydrogen-bond acceptors (Lipinski definition) is 2. The predicted octanol–water partition coefficient (Wildman–Crippen LogP) is 2.44. The van der Waals surface area contributed by atoms with Gasteiger partial charge in [-0.1, -0.05) is 18.2 Å². The molecule has 2 rings (SSSR count). The van der Waals surface area contributed by atoms with Gasteiger partial charge < -0.3 is 0 Å². The molecule has 1 unspecified atom stereocenters. The van der Waals surface area contributed by atoms with Crippen LogP contribution < -0.4 is 0 Å². The second-order valence-electron chi connectivity index (χ2n) is 3.47. The third kappa shape index (κ3) is 2.15. The second-order valence-corrected chi connectivity index (χ2v) is 4.76. The molecule has 1 heterocycles. The van der Waals surface area contributed by atoms with Crippen molar-refractivity contribution in [2.75, 3.05) is 5.75 Å². The summed E-state index contributed by atoms with van der Waals surface area (Å²) in [7, 11) is 0. The lowest BCUT2D eigenvalue weighted by molar-refractivity contribution is -0.116. The van der Waals surface area contributed by atoms with Crippen LogP contribution >= 0.6 is 11.8 Å². The zero-order chi connectivity index (χ0) is 9.97. The molecule has 0 radical (unpaired) electrons. The first kappa shape index (κ1) is 9.71. The quantitative estimate of drug-likeness (QED) is 0.745. The van der Waals surface area contributed by atoms with E-state index in [0.717, 1.165) is 5.56 Å². The van der Waals surface area contributed by atoms with Crippen molar-refractivity contribution in [1.29, 1.82) is 0 Å². The number of ketones is 1. The average Bonchev–Trinajstić information content (AvgIpc) is 2.56. The molecule has 0 aliphatic carbocycles. The number of halogens is 1. The van der Waals surface area contributed by atoms with E-state index in [1.54, 1.807) is 23.9 Å². The van der Waals surface area contributed by atoms with E-state index in [1.807, 2.05) is 6.07 Å². The van der Waals surface area contributed by atoms with Gasteiger partial charge in [-0.15, -0.1) is 11.8 Å². The first-order valence-electron chi connectivity index (χ1n) is 4.62. The van der Waals surface area contributed by atoms with E-state index in [9.17, 15) is 9.18 Å². The highest BCUT2D eigenvalue weighted by Crippen LogP contribution is 2.27.